The molecule has 3 aliphatic heterocycles. The molecular formula is C31H39N3O5S. The van der Waals surface area contributed by atoms with E-state index in [-0.39, 0.29) is 24.3 Å². The van der Waals surface area contributed by atoms with Gasteiger partial charge in [-0.15, -0.1) is 11.8 Å². The lowest BCUT2D eigenvalue weighted by Gasteiger charge is -2.37. The van der Waals surface area contributed by atoms with Crippen LogP contribution in [0.15, 0.2) is 54.6 Å². The van der Waals surface area contributed by atoms with Gasteiger partial charge in [-0.05, 0) is 62.9 Å². The van der Waals surface area contributed by atoms with Crippen LogP contribution in [-0.2, 0) is 14.4 Å². The third-order valence-corrected chi connectivity index (χ3v) is 10.7. The van der Waals surface area contributed by atoms with Gasteiger partial charge in [0, 0.05) is 17.0 Å². The molecule has 214 valence electrons. The molecule has 0 aliphatic carbocycles. The molecule has 6 atom stereocenters. The number of amides is 3. The van der Waals surface area contributed by atoms with Crippen molar-refractivity contribution in [2.75, 3.05) is 25.1 Å². The Labute approximate surface area is 240 Å². The van der Waals surface area contributed by atoms with E-state index in [9.17, 15) is 19.5 Å². The van der Waals surface area contributed by atoms with E-state index in [2.05, 4.69) is 24.5 Å². The van der Waals surface area contributed by atoms with Crippen molar-refractivity contribution in [2.24, 2.45) is 11.8 Å². The number of hydrogen-bond acceptors (Lipinski definition) is 6. The molecule has 3 amide bonds. The van der Waals surface area contributed by atoms with Crippen LogP contribution in [0.2, 0.25) is 0 Å². The van der Waals surface area contributed by atoms with Crippen LogP contribution in [0, 0.1) is 11.8 Å². The minimum absolute atomic E-state index is 0.206. The maximum atomic E-state index is 14.4. The van der Waals surface area contributed by atoms with Crippen LogP contribution >= 0.6 is 11.8 Å². The van der Waals surface area contributed by atoms with Crippen LogP contribution in [0.25, 0.3) is 0 Å². The molecule has 2 aromatic carbocycles. The number of likely N-dealkylation sites (tertiary alicyclic amines) is 1. The predicted molar refractivity (Wildman–Crippen MR) is 156 cm³/mol. The maximum Gasteiger partial charge on any atom is 0.244 e. The van der Waals surface area contributed by atoms with Gasteiger partial charge >= 0.3 is 0 Å². The zero-order chi connectivity index (χ0) is 28.5. The Morgan fingerprint density at radius 3 is 2.48 bits per heavy atom. The first-order valence-corrected chi connectivity index (χ1v) is 15.1. The van der Waals surface area contributed by atoms with Crippen LogP contribution in [0.3, 0.4) is 0 Å². The number of nitrogens with zero attached hydrogens (tertiary/aromatic N) is 1. The lowest BCUT2D eigenvalue weighted by Crippen LogP contribution is -2.54. The summed E-state index contributed by atoms with van der Waals surface area (Å²) in [4.78, 5) is 43.9. The number of hydrogen-bond donors (Lipinski definition) is 3. The average molecular weight is 566 g/mol. The summed E-state index contributed by atoms with van der Waals surface area (Å²) in [5.74, 6) is -1.22. The molecular weight excluding hydrogens is 526 g/mol. The molecule has 3 heterocycles. The van der Waals surface area contributed by atoms with Crippen LogP contribution in [0.5, 0.6) is 5.75 Å². The molecule has 0 aromatic heterocycles. The zero-order valence-electron chi connectivity index (χ0n) is 23.4. The van der Waals surface area contributed by atoms with Crippen molar-refractivity contribution in [3.63, 3.8) is 0 Å². The van der Waals surface area contributed by atoms with Crippen LogP contribution in [0.1, 0.15) is 58.1 Å². The van der Waals surface area contributed by atoms with Gasteiger partial charge in [-0.1, -0.05) is 43.7 Å². The van der Waals surface area contributed by atoms with Gasteiger partial charge in [0.1, 0.15) is 11.8 Å². The molecule has 8 nitrogen and oxygen atoms in total. The third kappa shape index (κ3) is 4.77. The van der Waals surface area contributed by atoms with Gasteiger partial charge in [0.15, 0.2) is 0 Å². The Bertz CT molecular complexity index is 1240. The molecule has 5 rings (SSSR count). The first-order valence-electron chi connectivity index (χ1n) is 14.3. The lowest BCUT2D eigenvalue weighted by atomic mass is 9.66. The molecule has 2 aromatic rings. The summed E-state index contributed by atoms with van der Waals surface area (Å²) in [5, 5.41) is 16.7. The molecule has 2 bridgehead atoms. The quantitative estimate of drug-likeness (QED) is 0.353. The highest BCUT2D eigenvalue weighted by molar-refractivity contribution is 8.02. The van der Waals surface area contributed by atoms with E-state index in [4.69, 9.17) is 4.74 Å². The largest absolute Gasteiger partial charge is 0.494 e. The number of thioether (sulfide) groups is 1. The van der Waals surface area contributed by atoms with E-state index in [1.165, 1.54) is 0 Å². The van der Waals surface area contributed by atoms with Gasteiger partial charge in [-0.25, -0.2) is 0 Å². The van der Waals surface area contributed by atoms with Crippen LogP contribution < -0.4 is 15.4 Å². The van der Waals surface area contributed by atoms with E-state index in [1.807, 2.05) is 49.4 Å². The van der Waals surface area contributed by atoms with Crippen LogP contribution in [0.4, 0.5) is 5.69 Å². The topological polar surface area (TPSA) is 108 Å². The van der Waals surface area contributed by atoms with E-state index < -0.39 is 33.4 Å². The fraction of sp³-hybridized carbons (Fsp3) is 0.516. The van der Waals surface area contributed by atoms with Crippen molar-refractivity contribution < 1.29 is 24.2 Å². The summed E-state index contributed by atoms with van der Waals surface area (Å²) in [6.07, 6.45) is 3.16. The number of rotatable bonds is 11. The summed E-state index contributed by atoms with van der Waals surface area (Å²) in [6, 6.07) is 15.1. The van der Waals surface area contributed by atoms with Crippen molar-refractivity contribution >= 4 is 35.2 Å². The Balaban J connectivity index is 1.51. The Hall–Kier alpha value is -3.04. The first kappa shape index (κ1) is 28.5. The van der Waals surface area contributed by atoms with Gasteiger partial charge < -0.3 is 25.4 Å². The number of nitrogens with one attached hydrogen (secondary N) is 2. The minimum Gasteiger partial charge on any atom is -0.494 e. The summed E-state index contributed by atoms with van der Waals surface area (Å²) in [5.41, 5.74) is 1.40. The maximum absolute atomic E-state index is 14.4. The number of aliphatic hydroxyl groups excluding tert-OH is 1. The number of anilines is 1. The SMILES string of the molecule is CCCCNC(=O)C1N([C@H](CO)c2ccccc2)C(=O)[C@@H]2[C@H](C(=O)Nc3ccc(OCC)cc3)[C@]3(C)CCC12S3. The zero-order valence-corrected chi connectivity index (χ0v) is 24.2. The number of carbonyl (C=O) groups is 3. The van der Waals surface area contributed by atoms with Crippen molar-refractivity contribution in [1.29, 1.82) is 0 Å². The van der Waals surface area contributed by atoms with E-state index >= 15 is 0 Å². The summed E-state index contributed by atoms with van der Waals surface area (Å²) >= 11 is 1.63. The Morgan fingerprint density at radius 2 is 1.82 bits per heavy atom. The van der Waals surface area contributed by atoms with E-state index in [0.717, 1.165) is 30.6 Å². The molecule has 0 radical (unpaired) electrons. The highest BCUT2D eigenvalue weighted by atomic mass is 32.2. The smallest absolute Gasteiger partial charge is 0.244 e. The van der Waals surface area contributed by atoms with Gasteiger partial charge in [-0.3, -0.25) is 14.4 Å². The lowest BCUT2D eigenvalue weighted by molar-refractivity contribution is -0.142. The molecule has 0 saturated carbocycles. The predicted octanol–water partition coefficient (Wildman–Crippen LogP) is 4.16. The monoisotopic (exact) mass is 565 g/mol. The third-order valence-electron chi connectivity index (χ3n) is 8.70. The Kier molecular flexibility index (Phi) is 8.15. The second-order valence-electron chi connectivity index (χ2n) is 11.2. The highest BCUT2D eigenvalue weighted by Crippen LogP contribution is 2.72. The summed E-state index contributed by atoms with van der Waals surface area (Å²) < 4.78 is 4.29. The number of benzene rings is 2. The van der Waals surface area contributed by atoms with Crippen molar-refractivity contribution in [3.8, 4) is 5.75 Å². The fourth-order valence-corrected chi connectivity index (χ4v) is 9.28. The molecule has 9 heteroatoms. The van der Waals surface area contributed by atoms with Crippen molar-refractivity contribution in [2.45, 2.75) is 68.0 Å². The van der Waals surface area contributed by atoms with Gasteiger partial charge in [0.05, 0.1) is 35.8 Å². The number of ether oxygens (including phenoxy) is 1. The van der Waals surface area contributed by atoms with Crippen LogP contribution in [-0.4, -0.2) is 63.0 Å². The van der Waals surface area contributed by atoms with E-state index in [0.29, 0.717) is 25.3 Å². The second kappa shape index (κ2) is 11.4. The molecule has 3 saturated heterocycles. The fourth-order valence-electron chi connectivity index (χ4n) is 6.94. The van der Waals surface area contributed by atoms with Gasteiger partial charge in [0.2, 0.25) is 17.7 Å². The number of carbonyl (C=O) groups excluding carboxylic acids is 3. The minimum atomic E-state index is -0.783. The average Bonchev–Trinajstić information content (AvgIpc) is 3.52. The number of aliphatic hydroxyl groups is 1. The standard InChI is InChI=1S/C31H39N3O5S/c1-4-6-18-32-28(37)26-31-17-16-30(3,40-31)24(27(36)33-21-12-14-22(15-13-21)39-5-2)25(31)29(38)34(26)23(19-35)20-10-8-7-9-11-20/h7-15,23-26,35H,4-6,16-19H2,1-3H3,(H,32,37)(H,33,36)/t23-,24-,25+,26?,30+,31?/m1/s1. The molecule has 1 spiro atoms. The number of fused-ring (bicyclic) bond motifs is 1. The molecule has 3 N–H and O–H groups in total. The normalized spacial score (nSPS) is 29.2. The highest BCUT2D eigenvalue weighted by Gasteiger charge is 2.77. The van der Waals surface area contributed by atoms with Crippen molar-refractivity contribution in [1.82, 2.24) is 10.2 Å². The first-order chi connectivity index (χ1) is 19.3. The number of unbranched alkanes of at least 4 members (excludes halogenated alkanes) is 1. The van der Waals surface area contributed by atoms with E-state index in [1.54, 1.807) is 28.8 Å². The van der Waals surface area contributed by atoms with Crippen molar-refractivity contribution in [3.05, 3.63) is 60.2 Å². The van der Waals surface area contributed by atoms with Gasteiger partial charge in [-0.2, -0.15) is 0 Å². The molecule has 40 heavy (non-hydrogen) atoms. The molecule has 3 aliphatic rings. The van der Waals surface area contributed by atoms with Gasteiger partial charge in [0.25, 0.3) is 0 Å². The molecule has 2 unspecified atom stereocenters. The summed E-state index contributed by atoms with van der Waals surface area (Å²) in [7, 11) is 0. The second-order valence-corrected chi connectivity index (χ2v) is 13.1. The summed E-state index contributed by atoms with van der Waals surface area (Å²) in [6.45, 7) is 6.79. The molecule has 3 fully saturated rings. The Morgan fingerprint density at radius 1 is 1.10 bits per heavy atom.